The van der Waals surface area contributed by atoms with E-state index in [0.29, 0.717) is 11.2 Å². The lowest BCUT2D eigenvalue weighted by molar-refractivity contribution is 0.201. The van der Waals surface area contributed by atoms with E-state index in [1.807, 2.05) is 0 Å². The van der Waals surface area contributed by atoms with Gasteiger partial charge in [-0.05, 0) is 49.4 Å². The van der Waals surface area contributed by atoms with Gasteiger partial charge in [-0.1, -0.05) is 0 Å². The van der Waals surface area contributed by atoms with Crippen LogP contribution in [-0.4, -0.2) is 23.1 Å². The number of nitrogens with zero attached hydrogens (tertiary/aromatic N) is 2. The maximum absolute atomic E-state index is 11.7. The molecule has 1 aliphatic heterocycles. The molecule has 1 spiro atoms. The molecule has 4 rings (SSSR count). The van der Waals surface area contributed by atoms with Gasteiger partial charge in [-0.15, -0.1) is 0 Å². The van der Waals surface area contributed by atoms with Crippen LogP contribution in [0.2, 0.25) is 0 Å². The maximum Gasteiger partial charge on any atom is 0.290 e. The summed E-state index contributed by atoms with van der Waals surface area (Å²) in [6.07, 6.45) is 10.2. The minimum atomic E-state index is -0.0530. The second-order valence-electron chi connectivity index (χ2n) is 6.39. The summed E-state index contributed by atoms with van der Waals surface area (Å²) in [5.41, 5.74) is 0.564. The van der Waals surface area contributed by atoms with Crippen LogP contribution in [-0.2, 0) is 0 Å². The van der Waals surface area contributed by atoms with Gasteiger partial charge in [0.15, 0.2) is 5.82 Å². The fraction of sp³-hybridized carbons (Fsp3) is 0.714. The first-order valence-corrected chi connectivity index (χ1v) is 7.04. The predicted octanol–water partition coefficient (Wildman–Crippen LogP) is 1.79. The standard InChI is InChI=1S/C14H19N3O/c18-13-12(15-3-4-16-13)17-5-1-14(2-6-17)8-10-7-11(10)9-14/h3-4,10-11H,1-2,5-9H2,(H,16,18). The van der Waals surface area contributed by atoms with Crippen LogP contribution in [0.4, 0.5) is 5.82 Å². The van der Waals surface area contributed by atoms with Crippen molar-refractivity contribution < 1.29 is 0 Å². The summed E-state index contributed by atoms with van der Waals surface area (Å²) in [5.74, 6) is 2.71. The Morgan fingerprint density at radius 3 is 2.67 bits per heavy atom. The molecule has 1 aromatic rings. The second-order valence-corrected chi connectivity index (χ2v) is 6.39. The van der Waals surface area contributed by atoms with Gasteiger partial charge in [0.2, 0.25) is 0 Å². The molecule has 2 unspecified atom stereocenters. The Hall–Kier alpha value is -1.32. The zero-order valence-electron chi connectivity index (χ0n) is 10.6. The molecule has 2 atom stereocenters. The number of fused-ring (bicyclic) bond motifs is 1. The number of nitrogens with one attached hydrogen (secondary N) is 1. The van der Waals surface area contributed by atoms with E-state index in [-0.39, 0.29) is 5.56 Å². The highest BCUT2D eigenvalue weighted by atomic mass is 16.1. The van der Waals surface area contributed by atoms with E-state index in [4.69, 9.17) is 0 Å². The summed E-state index contributed by atoms with van der Waals surface area (Å²) >= 11 is 0. The largest absolute Gasteiger partial charge is 0.352 e. The molecule has 4 heteroatoms. The minimum Gasteiger partial charge on any atom is -0.352 e. The summed E-state index contributed by atoms with van der Waals surface area (Å²) in [5, 5.41) is 0. The van der Waals surface area contributed by atoms with E-state index in [1.54, 1.807) is 12.4 Å². The van der Waals surface area contributed by atoms with Crippen molar-refractivity contribution in [2.45, 2.75) is 32.1 Å². The van der Waals surface area contributed by atoms with Crippen molar-refractivity contribution in [3.05, 3.63) is 22.7 Å². The Labute approximate surface area is 106 Å². The third-order valence-electron chi connectivity index (χ3n) is 5.27. The second kappa shape index (κ2) is 3.59. The number of hydrogen-bond donors (Lipinski definition) is 1. The van der Waals surface area contributed by atoms with Crippen molar-refractivity contribution in [3.63, 3.8) is 0 Å². The van der Waals surface area contributed by atoms with Crippen LogP contribution < -0.4 is 10.5 Å². The van der Waals surface area contributed by atoms with E-state index >= 15 is 0 Å². The maximum atomic E-state index is 11.7. The van der Waals surface area contributed by atoms with Gasteiger partial charge in [-0.25, -0.2) is 4.98 Å². The molecule has 0 aromatic carbocycles. The number of anilines is 1. The number of piperidine rings is 1. The Kier molecular flexibility index (Phi) is 2.11. The summed E-state index contributed by atoms with van der Waals surface area (Å²) in [4.78, 5) is 20.8. The van der Waals surface area contributed by atoms with Crippen LogP contribution in [0, 0.1) is 17.3 Å². The summed E-state index contributed by atoms with van der Waals surface area (Å²) in [6.45, 7) is 2.00. The zero-order chi connectivity index (χ0) is 12.2. The van der Waals surface area contributed by atoms with Crippen LogP contribution in [0.1, 0.15) is 32.1 Å². The molecule has 1 saturated heterocycles. The SMILES string of the molecule is O=c1[nH]ccnc1N1CCC2(CC1)CC1CC1C2. The highest BCUT2D eigenvalue weighted by Crippen LogP contribution is 2.63. The van der Waals surface area contributed by atoms with Crippen molar-refractivity contribution in [2.24, 2.45) is 17.3 Å². The molecule has 1 N–H and O–H groups in total. The van der Waals surface area contributed by atoms with E-state index < -0.39 is 0 Å². The Morgan fingerprint density at radius 2 is 2.00 bits per heavy atom. The highest BCUT2D eigenvalue weighted by molar-refractivity contribution is 5.36. The van der Waals surface area contributed by atoms with Crippen LogP contribution in [0.3, 0.4) is 0 Å². The molecule has 2 saturated carbocycles. The normalized spacial score (nSPS) is 32.6. The number of aromatic nitrogens is 2. The van der Waals surface area contributed by atoms with Gasteiger partial charge in [0.1, 0.15) is 0 Å². The monoisotopic (exact) mass is 245 g/mol. The van der Waals surface area contributed by atoms with Gasteiger partial charge in [0.25, 0.3) is 5.56 Å². The lowest BCUT2D eigenvalue weighted by atomic mass is 9.75. The van der Waals surface area contributed by atoms with Crippen molar-refractivity contribution in [1.29, 1.82) is 0 Å². The Bertz CT molecular complexity index is 504. The Balaban J connectivity index is 1.49. The number of aromatic amines is 1. The van der Waals surface area contributed by atoms with E-state index in [9.17, 15) is 4.79 Å². The molecule has 1 aromatic heterocycles. The molecule has 0 radical (unpaired) electrons. The molecule has 3 aliphatic rings. The minimum absolute atomic E-state index is 0.0530. The molecular formula is C14H19N3O. The number of rotatable bonds is 1. The van der Waals surface area contributed by atoms with Gasteiger partial charge in [0.05, 0.1) is 0 Å². The average Bonchev–Trinajstić information content (AvgIpc) is 3.00. The van der Waals surface area contributed by atoms with Gasteiger partial charge >= 0.3 is 0 Å². The molecule has 18 heavy (non-hydrogen) atoms. The van der Waals surface area contributed by atoms with Crippen molar-refractivity contribution in [3.8, 4) is 0 Å². The third kappa shape index (κ3) is 1.58. The van der Waals surface area contributed by atoms with Crippen molar-refractivity contribution >= 4 is 5.82 Å². The lowest BCUT2D eigenvalue weighted by Gasteiger charge is -2.40. The first-order valence-electron chi connectivity index (χ1n) is 7.04. The topological polar surface area (TPSA) is 49.0 Å². The first kappa shape index (κ1) is 10.6. The molecule has 0 bridgehead atoms. The van der Waals surface area contributed by atoms with Crippen LogP contribution in [0.5, 0.6) is 0 Å². The third-order valence-corrected chi connectivity index (χ3v) is 5.27. The molecule has 3 fully saturated rings. The molecule has 0 amide bonds. The van der Waals surface area contributed by atoms with E-state index in [0.717, 1.165) is 24.9 Å². The van der Waals surface area contributed by atoms with Gasteiger partial charge in [0, 0.05) is 25.5 Å². The summed E-state index contributed by atoms with van der Waals surface area (Å²) in [7, 11) is 0. The van der Waals surface area contributed by atoms with Gasteiger partial charge in [-0.2, -0.15) is 0 Å². The number of H-pyrrole nitrogens is 1. The quantitative estimate of drug-likeness (QED) is 0.820. The van der Waals surface area contributed by atoms with Gasteiger partial charge in [-0.3, -0.25) is 4.79 Å². The fourth-order valence-corrected chi connectivity index (χ4v) is 4.18. The average molecular weight is 245 g/mol. The predicted molar refractivity (Wildman–Crippen MR) is 69.6 cm³/mol. The van der Waals surface area contributed by atoms with E-state index in [1.165, 1.54) is 32.1 Å². The molecular weight excluding hydrogens is 226 g/mol. The molecule has 2 heterocycles. The van der Waals surface area contributed by atoms with Crippen LogP contribution in [0.15, 0.2) is 17.2 Å². The lowest BCUT2D eigenvalue weighted by Crippen LogP contribution is -2.42. The fourth-order valence-electron chi connectivity index (χ4n) is 4.18. The molecule has 96 valence electrons. The summed E-state index contributed by atoms with van der Waals surface area (Å²) < 4.78 is 0. The number of hydrogen-bond acceptors (Lipinski definition) is 3. The summed E-state index contributed by atoms with van der Waals surface area (Å²) in [6, 6.07) is 0. The highest BCUT2D eigenvalue weighted by Gasteiger charge is 2.54. The Morgan fingerprint density at radius 1 is 1.28 bits per heavy atom. The smallest absolute Gasteiger partial charge is 0.290 e. The van der Waals surface area contributed by atoms with Gasteiger partial charge < -0.3 is 9.88 Å². The first-order chi connectivity index (χ1) is 8.76. The van der Waals surface area contributed by atoms with Crippen LogP contribution >= 0.6 is 0 Å². The van der Waals surface area contributed by atoms with Crippen molar-refractivity contribution in [1.82, 2.24) is 9.97 Å². The zero-order valence-corrected chi connectivity index (χ0v) is 10.6. The molecule has 2 aliphatic carbocycles. The van der Waals surface area contributed by atoms with Crippen molar-refractivity contribution in [2.75, 3.05) is 18.0 Å². The van der Waals surface area contributed by atoms with Crippen LogP contribution in [0.25, 0.3) is 0 Å². The van der Waals surface area contributed by atoms with E-state index in [2.05, 4.69) is 14.9 Å². The molecule has 4 nitrogen and oxygen atoms in total.